The molecule has 4 rings (SSSR count). The summed E-state index contributed by atoms with van der Waals surface area (Å²) in [6.07, 6.45) is -2.62. The topological polar surface area (TPSA) is 88.8 Å². The first-order chi connectivity index (χ1) is 18.5. The Bertz CT molecular complexity index is 1380. The van der Waals surface area contributed by atoms with Crippen LogP contribution in [0.4, 0.5) is 18.9 Å². The first-order valence-corrected chi connectivity index (χ1v) is 12.9. The third kappa shape index (κ3) is 5.95. The SMILES string of the molecule is CCOc1ncccc1-c1ccc(N2CCN(C(=O)c3ccc(Cl)cc3C(F)(F)F)[C@H](CC)C2)c(C(N)=O)c1. The molecule has 0 spiro atoms. The number of rotatable bonds is 7. The molecule has 1 fully saturated rings. The van der Waals surface area contributed by atoms with Crippen molar-refractivity contribution in [1.29, 1.82) is 0 Å². The van der Waals surface area contributed by atoms with Crippen molar-refractivity contribution < 1.29 is 27.5 Å². The van der Waals surface area contributed by atoms with Gasteiger partial charge in [-0.1, -0.05) is 24.6 Å². The molecule has 2 aromatic carbocycles. The number of anilines is 1. The van der Waals surface area contributed by atoms with E-state index in [4.69, 9.17) is 22.1 Å². The number of nitrogens with two attached hydrogens (primary N) is 1. The number of hydrogen-bond donors (Lipinski definition) is 1. The van der Waals surface area contributed by atoms with Gasteiger partial charge in [-0.05, 0) is 61.4 Å². The quantitative estimate of drug-likeness (QED) is 0.403. The molecule has 0 saturated carbocycles. The molecule has 7 nitrogen and oxygen atoms in total. The summed E-state index contributed by atoms with van der Waals surface area (Å²) in [5.74, 6) is -0.908. The van der Waals surface area contributed by atoms with E-state index in [2.05, 4.69) is 4.98 Å². The molecule has 0 unspecified atom stereocenters. The molecule has 39 heavy (non-hydrogen) atoms. The van der Waals surface area contributed by atoms with Crippen LogP contribution in [0.15, 0.2) is 54.7 Å². The molecule has 206 valence electrons. The number of amides is 2. The highest BCUT2D eigenvalue weighted by molar-refractivity contribution is 6.30. The molecule has 1 aliphatic rings. The molecule has 0 bridgehead atoms. The first kappa shape index (κ1) is 28.2. The zero-order chi connectivity index (χ0) is 28.3. The van der Waals surface area contributed by atoms with E-state index in [1.807, 2.05) is 30.9 Å². The number of nitrogens with zero attached hydrogens (tertiary/aromatic N) is 3. The average molecular weight is 561 g/mol. The van der Waals surface area contributed by atoms with Gasteiger partial charge in [0.2, 0.25) is 5.88 Å². The van der Waals surface area contributed by atoms with Gasteiger partial charge in [0, 0.05) is 48.1 Å². The number of piperazine rings is 1. The fourth-order valence-electron chi connectivity index (χ4n) is 4.82. The minimum Gasteiger partial charge on any atom is -0.478 e. The van der Waals surface area contributed by atoms with Crippen molar-refractivity contribution in [3.63, 3.8) is 0 Å². The van der Waals surface area contributed by atoms with E-state index in [0.717, 1.165) is 12.1 Å². The molecular formula is C28H28ClF3N4O3. The largest absolute Gasteiger partial charge is 0.478 e. The summed E-state index contributed by atoms with van der Waals surface area (Å²) >= 11 is 5.79. The van der Waals surface area contributed by atoms with Crippen LogP contribution in [0.25, 0.3) is 11.1 Å². The van der Waals surface area contributed by atoms with Crippen LogP contribution in [0.2, 0.25) is 5.02 Å². The molecule has 0 radical (unpaired) electrons. The van der Waals surface area contributed by atoms with Crippen molar-refractivity contribution in [1.82, 2.24) is 9.88 Å². The highest BCUT2D eigenvalue weighted by atomic mass is 35.5. The summed E-state index contributed by atoms with van der Waals surface area (Å²) in [5.41, 5.74) is 6.53. The van der Waals surface area contributed by atoms with Gasteiger partial charge in [-0.15, -0.1) is 0 Å². The predicted octanol–water partition coefficient (Wildman–Crippen LogP) is 5.66. The van der Waals surface area contributed by atoms with Crippen LogP contribution in [0.1, 0.15) is 46.5 Å². The van der Waals surface area contributed by atoms with E-state index in [1.165, 1.54) is 11.0 Å². The van der Waals surface area contributed by atoms with Gasteiger partial charge in [-0.3, -0.25) is 9.59 Å². The molecular weight excluding hydrogens is 533 g/mol. The third-order valence-corrected chi connectivity index (χ3v) is 6.93. The Morgan fingerprint density at radius 1 is 1.10 bits per heavy atom. The number of aromatic nitrogens is 1. The number of alkyl halides is 3. The van der Waals surface area contributed by atoms with Crippen LogP contribution in [-0.4, -0.2) is 54.0 Å². The summed E-state index contributed by atoms with van der Waals surface area (Å²) in [5, 5.41) is -0.0992. The van der Waals surface area contributed by atoms with E-state index >= 15 is 0 Å². The van der Waals surface area contributed by atoms with Gasteiger partial charge in [0.1, 0.15) is 0 Å². The second-order valence-corrected chi connectivity index (χ2v) is 9.52. The number of carbonyl (C=O) groups excluding carboxylic acids is 2. The molecule has 2 heterocycles. The number of ether oxygens (including phenoxy) is 1. The van der Waals surface area contributed by atoms with Crippen molar-refractivity contribution in [2.45, 2.75) is 32.5 Å². The van der Waals surface area contributed by atoms with E-state index in [0.29, 0.717) is 48.8 Å². The van der Waals surface area contributed by atoms with Crippen molar-refractivity contribution >= 4 is 29.1 Å². The van der Waals surface area contributed by atoms with Gasteiger partial charge in [-0.2, -0.15) is 13.2 Å². The number of halogens is 4. The van der Waals surface area contributed by atoms with Gasteiger partial charge in [0.15, 0.2) is 0 Å². The second-order valence-electron chi connectivity index (χ2n) is 9.08. The molecule has 1 aromatic heterocycles. The fourth-order valence-corrected chi connectivity index (χ4v) is 4.99. The summed E-state index contributed by atoms with van der Waals surface area (Å²) in [7, 11) is 0. The van der Waals surface area contributed by atoms with Crippen LogP contribution < -0.4 is 15.4 Å². The van der Waals surface area contributed by atoms with Gasteiger partial charge >= 0.3 is 6.18 Å². The minimum atomic E-state index is -4.73. The van der Waals surface area contributed by atoms with Gasteiger partial charge in [0.05, 0.1) is 23.3 Å². The summed E-state index contributed by atoms with van der Waals surface area (Å²) < 4.78 is 46.6. The minimum absolute atomic E-state index is 0.0992. The lowest BCUT2D eigenvalue weighted by atomic mass is 9.99. The molecule has 2 N–H and O–H groups in total. The molecule has 11 heteroatoms. The number of hydrogen-bond acceptors (Lipinski definition) is 5. The van der Waals surface area contributed by atoms with Crippen molar-refractivity contribution in [3.8, 4) is 17.0 Å². The zero-order valence-corrected chi connectivity index (χ0v) is 22.2. The normalized spacial score (nSPS) is 15.8. The Balaban J connectivity index is 1.63. The van der Waals surface area contributed by atoms with Crippen molar-refractivity contribution in [2.24, 2.45) is 5.73 Å². The second kappa shape index (κ2) is 11.5. The van der Waals surface area contributed by atoms with Crippen LogP contribution in [-0.2, 0) is 6.18 Å². The molecule has 0 aliphatic carbocycles. The third-order valence-electron chi connectivity index (χ3n) is 6.70. The maximum atomic E-state index is 13.7. The van der Waals surface area contributed by atoms with Crippen LogP contribution in [0.3, 0.4) is 0 Å². The first-order valence-electron chi connectivity index (χ1n) is 12.5. The van der Waals surface area contributed by atoms with Gasteiger partial charge in [-0.25, -0.2) is 4.98 Å². The summed E-state index contributed by atoms with van der Waals surface area (Å²) in [6, 6.07) is 11.7. The van der Waals surface area contributed by atoms with Gasteiger partial charge < -0.3 is 20.3 Å². The fraction of sp³-hybridized carbons (Fsp3) is 0.321. The number of pyridine rings is 1. The van der Waals surface area contributed by atoms with E-state index < -0.39 is 35.2 Å². The number of carbonyl (C=O) groups is 2. The summed E-state index contributed by atoms with van der Waals surface area (Å²) in [6.45, 7) is 4.90. The Kier molecular flexibility index (Phi) is 8.34. The molecule has 2 amide bonds. The molecule has 1 aliphatic heterocycles. The molecule has 3 aromatic rings. The highest BCUT2D eigenvalue weighted by Crippen LogP contribution is 2.36. The number of primary amides is 1. The van der Waals surface area contributed by atoms with Crippen molar-refractivity contribution in [3.05, 3.63) is 76.4 Å². The van der Waals surface area contributed by atoms with Gasteiger partial charge in [0.25, 0.3) is 11.8 Å². The summed E-state index contributed by atoms with van der Waals surface area (Å²) in [4.78, 5) is 33.5. The van der Waals surface area contributed by atoms with Crippen molar-refractivity contribution in [2.75, 3.05) is 31.1 Å². The lowest BCUT2D eigenvalue weighted by Gasteiger charge is -2.43. The Morgan fingerprint density at radius 3 is 2.54 bits per heavy atom. The standard InChI is InChI=1S/C28H28ClF3N4O3/c1-3-19-16-35(12-13-36(19)27(38)21-9-8-18(29)15-23(21)28(30,31)32)24-10-7-17(14-22(24)25(33)37)20-6-5-11-34-26(20)39-4-2/h5-11,14-15,19H,3-4,12-13,16H2,1-2H3,(H2,33,37)/t19-/m1/s1. The Hall–Kier alpha value is -3.79. The maximum absolute atomic E-state index is 13.7. The maximum Gasteiger partial charge on any atom is 0.417 e. The van der Waals surface area contributed by atoms with Crippen LogP contribution in [0, 0.1) is 0 Å². The predicted molar refractivity (Wildman–Crippen MR) is 143 cm³/mol. The Morgan fingerprint density at radius 2 is 1.87 bits per heavy atom. The molecule has 1 atom stereocenters. The Labute approximate surface area is 229 Å². The van der Waals surface area contributed by atoms with Crippen LogP contribution in [0.5, 0.6) is 5.88 Å². The lowest BCUT2D eigenvalue weighted by molar-refractivity contribution is -0.138. The van der Waals surface area contributed by atoms with E-state index in [-0.39, 0.29) is 17.1 Å². The highest BCUT2D eigenvalue weighted by Gasteiger charge is 2.39. The van der Waals surface area contributed by atoms with E-state index in [9.17, 15) is 22.8 Å². The average Bonchev–Trinajstić information content (AvgIpc) is 2.92. The number of benzene rings is 2. The zero-order valence-electron chi connectivity index (χ0n) is 21.5. The lowest BCUT2D eigenvalue weighted by Crippen LogP contribution is -2.55. The van der Waals surface area contributed by atoms with E-state index in [1.54, 1.807) is 24.4 Å². The molecule has 1 saturated heterocycles. The smallest absolute Gasteiger partial charge is 0.417 e. The van der Waals surface area contributed by atoms with Crippen LogP contribution >= 0.6 is 11.6 Å². The monoisotopic (exact) mass is 560 g/mol.